The third-order valence-electron chi connectivity index (χ3n) is 1.79. The summed E-state index contributed by atoms with van der Waals surface area (Å²) >= 11 is 1.11. The molecule has 0 atom stereocenters. The Kier molecular flexibility index (Phi) is 3.69. The van der Waals surface area contributed by atoms with Gasteiger partial charge in [-0.25, -0.2) is 0 Å². The van der Waals surface area contributed by atoms with E-state index in [0.717, 1.165) is 23.9 Å². The van der Waals surface area contributed by atoms with Crippen molar-refractivity contribution in [3.05, 3.63) is 23.8 Å². The zero-order valence-electron chi connectivity index (χ0n) is 7.75. The summed E-state index contributed by atoms with van der Waals surface area (Å²) in [5.74, 6) is 0. The minimum absolute atomic E-state index is 0.158. The van der Waals surface area contributed by atoms with E-state index in [2.05, 4.69) is 0 Å². The first-order valence-electron chi connectivity index (χ1n) is 3.97. The lowest BCUT2D eigenvalue weighted by atomic mass is 9.79. The number of thioether (sulfide) groups is 1. The number of halogens is 3. The summed E-state index contributed by atoms with van der Waals surface area (Å²) < 4.78 is 37.1. The van der Waals surface area contributed by atoms with Crippen molar-refractivity contribution in [2.45, 2.75) is 11.1 Å². The average Bonchev–Trinajstić information content (AvgIpc) is 2.15. The molecule has 0 saturated heterocycles. The fourth-order valence-corrected chi connectivity index (χ4v) is 1.55. The largest absolute Gasteiger partial charge is 0.488 e. The SMILES string of the molecule is CSc1cc(B(O)O)cc(C(F)(F)F)c1. The van der Waals surface area contributed by atoms with Crippen LogP contribution in [0.2, 0.25) is 0 Å². The summed E-state index contributed by atoms with van der Waals surface area (Å²) in [6.45, 7) is 0. The lowest BCUT2D eigenvalue weighted by molar-refractivity contribution is -0.137. The van der Waals surface area contributed by atoms with Crippen LogP contribution in [0.3, 0.4) is 0 Å². The summed E-state index contributed by atoms with van der Waals surface area (Å²) in [7, 11) is -1.89. The highest BCUT2D eigenvalue weighted by Crippen LogP contribution is 2.30. The van der Waals surface area contributed by atoms with Gasteiger partial charge in [0.25, 0.3) is 0 Å². The molecular weight excluding hydrogens is 228 g/mol. The van der Waals surface area contributed by atoms with Crippen LogP contribution in [0.15, 0.2) is 23.1 Å². The molecule has 0 aromatic heterocycles. The standard InChI is InChI=1S/C8H8BF3O2S/c1-15-7-3-5(8(10,11)12)2-6(4-7)9(13)14/h2-4,13-14H,1H3. The van der Waals surface area contributed by atoms with Gasteiger partial charge in [-0.2, -0.15) is 13.2 Å². The van der Waals surface area contributed by atoms with Crippen molar-refractivity contribution >= 4 is 24.3 Å². The Hall–Kier alpha value is -0.655. The number of benzene rings is 1. The second-order valence-electron chi connectivity index (χ2n) is 2.87. The molecule has 15 heavy (non-hydrogen) atoms. The lowest BCUT2D eigenvalue weighted by Crippen LogP contribution is -2.31. The molecular formula is C8H8BF3O2S. The van der Waals surface area contributed by atoms with Gasteiger partial charge in [0.1, 0.15) is 0 Å². The van der Waals surface area contributed by atoms with Gasteiger partial charge in [0.2, 0.25) is 0 Å². The van der Waals surface area contributed by atoms with Crippen LogP contribution >= 0.6 is 11.8 Å². The minimum atomic E-state index is -4.48. The van der Waals surface area contributed by atoms with E-state index in [9.17, 15) is 13.2 Å². The zero-order chi connectivity index (χ0) is 11.6. The lowest BCUT2D eigenvalue weighted by Gasteiger charge is -2.10. The molecule has 0 bridgehead atoms. The van der Waals surface area contributed by atoms with Gasteiger partial charge in [0, 0.05) is 4.90 Å². The van der Waals surface area contributed by atoms with Gasteiger partial charge in [0.15, 0.2) is 0 Å². The second kappa shape index (κ2) is 4.46. The van der Waals surface area contributed by atoms with Gasteiger partial charge < -0.3 is 10.0 Å². The third kappa shape index (κ3) is 3.15. The highest BCUT2D eigenvalue weighted by molar-refractivity contribution is 7.98. The third-order valence-corrected chi connectivity index (χ3v) is 2.50. The molecule has 1 aromatic rings. The molecule has 0 aliphatic rings. The van der Waals surface area contributed by atoms with E-state index >= 15 is 0 Å². The summed E-state index contributed by atoms with van der Waals surface area (Å²) in [6.07, 6.45) is -2.86. The Balaban J connectivity index is 3.23. The first-order chi connectivity index (χ1) is 6.84. The van der Waals surface area contributed by atoms with E-state index < -0.39 is 18.9 Å². The summed E-state index contributed by atoms with van der Waals surface area (Å²) in [6, 6.07) is 3.01. The van der Waals surface area contributed by atoms with E-state index in [1.54, 1.807) is 6.26 Å². The fraction of sp³-hybridized carbons (Fsp3) is 0.250. The monoisotopic (exact) mass is 236 g/mol. The van der Waals surface area contributed by atoms with Crippen molar-refractivity contribution < 1.29 is 23.2 Å². The van der Waals surface area contributed by atoms with E-state index in [1.807, 2.05) is 0 Å². The van der Waals surface area contributed by atoms with Crippen LogP contribution in [0.5, 0.6) is 0 Å². The topological polar surface area (TPSA) is 40.5 Å². The van der Waals surface area contributed by atoms with Crippen LogP contribution in [0, 0.1) is 0 Å². The van der Waals surface area contributed by atoms with E-state index in [1.165, 1.54) is 6.07 Å². The highest BCUT2D eigenvalue weighted by atomic mass is 32.2. The second-order valence-corrected chi connectivity index (χ2v) is 3.75. The molecule has 2 N–H and O–H groups in total. The Labute approximate surface area is 89.3 Å². The fourth-order valence-electron chi connectivity index (χ4n) is 1.05. The van der Waals surface area contributed by atoms with E-state index in [-0.39, 0.29) is 5.46 Å². The van der Waals surface area contributed by atoms with Crippen LogP contribution in [0.1, 0.15) is 5.56 Å². The quantitative estimate of drug-likeness (QED) is 0.596. The van der Waals surface area contributed by atoms with Crippen LogP contribution < -0.4 is 5.46 Å². The van der Waals surface area contributed by atoms with Crippen LogP contribution in [0.25, 0.3) is 0 Å². The summed E-state index contributed by atoms with van der Waals surface area (Å²) in [4.78, 5) is 0.341. The normalized spacial score (nSPS) is 11.6. The van der Waals surface area contributed by atoms with Gasteiger partial charge in [-0.1, -0.05) is 6.07 Å². The first-order valence-corrected chi connectivity index (χ1v) is 5.19. The van der Waals surface area contributed by atoms with Crippen molar-refractivity contribution in [2.75, 3.05) is 6.26 Å². The Morgan fingerprint density at radius 2 is 1.80 bits per heavy atom. The number of alkyl halides is 3. The van der Waals surface area contributed by atoms with Crippen LogP contribution in [0.4, 0.5) is 13.2 Å². The van der Waals surface area contributed by atoms with Crippen molar-refractivity contribution in [3.63, 3.8) is 0 Å². The summed E-state index contributed by atoms with van der Waals surface area (Å²) in [5.41, 5.74) is -1.04. The molecule has 0 spiro atoms. The molecule has 7 heteroatoms. The van der Waals surface area contributed by atoms with E-state index in [4.69, 9.17) is 10.0 Å². The Bertz CT molecular complexity index is 354. The van der Waals surface area contributed by atoms with Gasteiger partial charge in [-0.05, 0) is 23.9 Å². The molecule has 0 amide bonds. The molecule has 0 saturated carbocycles. The van der Waals surface area contributed by atoms with Crippen molar-refractivity contribution in [3.8, 4) is 0 Å². The maximum atomic E-state index is 12.4. The van der Waals surface area contributed by atoms with Crippen molar-refractivity contribution in [2.24, 2.45) is 0 Å². The van der Waals surface area contributed by atoms with Gasteiger partial charge in [-0.3, -0.25) is 0 Å². The molecule has 0 fully saturated rings. The maximum Gasteiger partial charge on any atom is 0.488 e. The van der Waals surface area contributed by atoms with Crippen LogP contribution in [-0.2, 0) is 6.18 Å². The Morgan fingerprint density at radius 1 is 1.20 bits per heavy atom. The molecule has 0 aliphatic carbocycles. The predicted molar refractivity (Wildman–Crippen MR) is 53.1 cm³/mol. The number of hydrogen-bond acceptors (Lipinski definition) is 3. The van der Waals surface area contributed by atoms with Crippen LogP contribution in [-0.4, -0.2) is 23.4 Å². The van der Waals surface area contributed by atoms with Gasteiger partial charge in [-0.15, -0.1) is 11.8 Å². The van der Waals surface area contributed by atoms with Gasteiger partial charge >= 0.3 is 13.3 Å². The summed E-state index contributed by atoms with van der Waals surface area (Å²) in [5, 5.41) is 17.6. The maximum absolute atomic E-state index is 12.4. The molecule has 0 heterocycles. The van der Waals surface area contributed by atoms with Gasteiger partial charge in [0.05, 0.1) is 5.56 Å². The minimum Gasteiger partial charge on any atom is -0.423 e. The molecule has 1 rings (SSSR count). The first kappa shape index (κ1) is 12.4. The molecule has 0 radical (unpaired) electrons. The van der Waals surface area contributed by atoms with Crippen molar-refractivity contribution in [1.82, 2.24) is 0 Å². The molecule has 1 aromatic carbocycles. The molecule has 0 aliphatic heterocycles. The Morgan fingerprint density at radius 3 is 2.20 bits per heavy atom. The number of hydrogen-bond donors (Lipinski definition) is 2. The molecule has 0 unspecified atom stereocenters. The van der Waals surface area contributed by atoms with Crippen molar-refractivity contribution in [1.29, 1.82) is 0 Å². The highest BCUT2D eigenvalue weighted by Gasteiger charge is 2.32. The van der Waals surface area contributed by atoms with E-state index in [0.29, 0.717) is 4.90 Å². The molecule has 82 valence electrons. The predicted octanol–water partition coefficient (Wildman–Crippen LogP) is 1.11. The number of rotatable bonds is 2. The zero-order valence-corrected chi connectivity index (χ0v) is 8.56. The average molecular weight is 236 g/mol. The molecule has 2 nitrogen and oxygen atoms in total. The smallest absolute Gasteiger partial charge is 0.423 e.